The van der Waals surface area contributed by atoms with Crippen molar-refractivity contribution >= 4 is 47.8 Å². The summed E-state index contributed by atoms with van der Waals surface area (Å²) in [6, 6.07) is 6.51. The van der Waals surface area contributed by atoms with Crippen molar-refractivity contribution < 1.29 is 8.78 Å². The molecule has 0 nitrogen and oxygen atoms in total. The second-order valence-corrected chi connectivity index (χ2v) is 7.20. The van der Waals surface area contributed by atoms with Gasteiger partial charge in [0.05, 0.1) is 4.83 Å². The van der Waals surface area contributed by atoms with Crippen molar-refractivity contribution in [1.82, 2.24) is 0 Å². The monoisotopic (exact) mass is 466 g/mol. The normalized spacial score (nSPS) is 12.6. The molecule has 106 valence electrons. The van der Waals surface area contributed by atoms with Crippen LogP contribution in [0, 0.1) is 25.5 Å². The highest BCUT2D eigenvalue weighted by Crippen LogP contribution is 2.40. The fourth-order valence-corrected chi connectivity index (χ4v) is 4.08. The van der Waals surface area contributed by atoms with E-state index < -0.39 is 16.5 Å². The minimum Gasteiger partial charge on any atom is -0.207 e. The molecule has 0 saturated heterocycles. The summed E-state index contributed by atoms with van der Waals surface area (Å²) < 4.78 is 29.9. The maximum atomic E-state index is 14.2. The van der Waals surface area contributed by atoms with Crippen molar-refractivity contribution in [3.8, 4) is 0 Å². The van der Waals surface area contributed by atoms with Crippen LogP contribution in [0.1, 0.15) is 27.1 Å². The van der Waals surface area contributed by atoms with Gasteiger partial charge in [-0.3, -0.25) is 0 Å². The highest BCUT2D eigenvalue weighted by atomic mass is 79.9. The van der Waals surface area contributed by atoms with E-state index in [1.165, 1.54) is 12.1 Å². The Labute approximate surface area is 142 Å². The van der Waals surface area contributed by atoms with Gasteiger partial charge < -0.3 is 0 Å². The van der Waals surface area contributed by atoms with E-state index in [0.29, 0.717) is 5.56 Å². The van der Waals surface area contributed by atoms with E-state index in [1.807, 2.05) is 19.1 Å². The molecular weight excluding hydrogens is 458 g/mol. The third-order valence-corrected chi connectivity index (χ3v) is 5.62. The van der Waals surface area contributed by atoms with E-state index >= 15 is 0 Å². The molecule has 0 amide bonds. The highest BCUT2D eigenvalue weighted by molar-refractivity contribution is 9.11. The SMILES string of the molecule is Cc1cc(Br)c(C(Br)c2c(F)ccc(C)c2F)cc1Br. The van der Waals surface area contributed by atoms with E-state index in [-0.39, 0.29) is 5.56 Å². The minimum absolute atomic E-state index is 0.0291. The number of aryl methyl sites for hydroxylation is 2. The predicted molar refractivity (Wildman–Crippen MR) is 88.4 cm³/mol. The summed E-state index contributed by atoms with van der Waals surface area (Å²) in [4.78, 5) is -0.561. The van der Waals surface area contributed by atoms with Crippen LogP contribution in [0.4, 0.5) is 8.78 Å². The molecule has 0 N–H and O–H groups in total. The molecule has 5 heteroatoms. The lowest BCUT2D eigenvalue weighted by molar-refractivity contribution is 0.555. The van der Waals surface area contributed by atoms with E-state index in [2.05, 4.69) is 47.8 Å². The Kier molecular flexibility index (Phi) is 5.03. The summed E-state index contributed by atoms with van der Waals surface area (Å²) in [5.74, 6) is -1.07. The zero-order chi connectivity index (χ0) is 15.0. The van der Waals surface area contributed by atoms with Crippen LogP contribution in [0.3, 0.4) is 0 Å². The Balaban J connectivity index is 2.60. The van der Waals surface area contributed by atoms with Crippen LogP contribution in [0.2, 0.25) is 0 Å². The van der Waals surface area contributed by atoms with Gasteiger partial charge >= 0.3 is 0 Å². The largest absolute Gasteiger partial charge is 0.207 e. The van der Waals surface area contributed by atoms with Crippen molar-refractivity contribution in [2.24, 2.45) is 0 Å². The Morgan fingerprint density at radius 3 is 2.25 bits per heavy atom. The molecule has 1 atom stereocenters. The topological polar surface area (TPSA) is 0 Å². The van der Waals surface area contributed by atoms with Crippen molar-refractivity contribution in [1.29, 1.82) is 0 Å². The lowest BCUT2D eigenvalue weighted by Gasteiger charge is -2.17. The fourth-order valence-electron chi connectivity index (χ4n) is 1.92. The van der Waals surface area contributed by atoms with Gasteiger partial charge in [-0.25, -0.2) is 8.78 Å². The molecule has 0 saturated carbocycles. The standard InChI is InChI=1S/C15H11Br3F2/c1-7-3-4-12(19)13(15(7)20)14(18)9-6-10(16)8(2)5-11(9)17/h3-6,14H,1-2H3. The number of hydrogen-bond donors (Lipinski definition) is 0. The van der Waals surface area contributed by atoms with Crippen LogP contribution in [0.25, 0.3) is 0 Å². The lowest BCUT2D eigenvalue weighted by atomic mass is 10.0. The molecule has 0 fully saturated rings. The van der Waals surface area contributed by atoms with Gasteiger partial charge in [-0.15, -0.1) is 0 Å². The molecule has 0 bridgehead atoms. The highest BCUT2D eigenvalue weighted by Gasteiger charge is 2.23. The Hall–Kier alpha value is -0.260. The molecule has 0 spiro atoms. The van der Waals surface area contributed by atoms with Crippen LogP contribution in [0.15, 0.2) is 33.2 Å². The van der Waals surface area contributed by atoms with E-state index in [9.17, 15) is 8.78 Å². The molecule has 1 unspecified atom stereocenters. The third kappa shape index (κ3) is 3.00. The summed E-state index contributed by atoms with van der Waals surface area (Å²) in [6.45, 7) is 3.58. The van der Waals surface area contributed by atoms with E-state index in [4.69, 9.17) is 0 Å². The second kappa shape index (κ2) is 6.24. The van der Waals surface area contributed by atoms with Crippen molar-refractivity contribution in [3.63, 3.8) is 0 Å². The molecule has 20 heavy (non-hydrogen) atoms. The van der Waals surface area contributed by atoms with Gasteiger partial charge in [-0.1, -0.05) is 53.9 Å². The Morgan fingerprint density at radius 2 is 1.60 bits per heavy atom. The molecule has 0 aromatic heterocycles. The lowest BCUT2D eigenvalue weighted by Crippen LogP contribution is -2.03. The number of rotatable bonds is 2. The second-order valence-electron chi connectivity index (χ2n) is 4.58. The fraction of sp³-hybridized carbons (Fsp3) is 0.200. The smallest absolute Gasteiger partial charge is 0.133 e. The maximum absolute atomic E-state index is 14.2. The Morgan fingerprint density at radius 1 is 0.950 bits per heavy atom. The number of benzene rings is 2. The van der Waals surface area contributed by atoms with Gasteiger partial charge in [0.15, 0.2) is 0 Å². The molecule has 2 aromatic rings. The van der Waals surface area contributed by atoms with Gasteiger partial charge in [0, 0.05) is 14.5 Å². The van der Waals surface area contributed by atoms with Crippen molar-refractivity contribution in [2.45, 2.75) is 18.7 Å². The minimum atomic E-state index is -0.561. The summed E-state index contributed by atoms with van der Waals surface area (Å²) in [7, 11) is 0. The molecule has 2 aromatic carbocycles. The zero-order valence-corrected chi connectivity index (χ0v) is 15.5. The van der Waals surface area contributed by atoms with Crippen LogP contribution in [-0.2, 0) is 0 Å². The molecule has 0 heterocycles. The van der Waals surface area contributed by atoms with E-state index in [1.54, 1.807) is 6.92 Å². The first kappa shape index (κ1) is 16.1. The molecule has 0 aliphatic carbocycles. The average molecular weight is 469 g/mol. The van der Waals surface area contributed by atoms with Crippen molar-refractivity contribution in [3.05, 3.63) is 67.1 Å². The molecule has 0 aliphatic rings. The molecule has 0 aliphatic heterocycles. The molecule has 0 radical (unpaired) electrons. The zero-order valence-electron chi connectivity index (χ0n) is 10.8. The quantitative estimate of drug-likeness (QED) is 0.436. The summed E-state index contributed by atoms with van der Waals surface area (Å²) >= 11 is 10.3. The van der Waals surface area contributed by atoms with Crippen molar-refractivity contribution in [2.75, 3.05) is 0 Å². The first-order valence-electron chi connectivity index (χ1n) is 5.87. The van der Waals surface area contributed by atoms with Crippen LogP contribution >= 0.6 is 47.8 Å². The summed E-state index contributed by atoms with van der Waals surface area (Å²) in [6.07, 6.45) is 0. The van der Waals surface area contributed by atoms with Crippen LogP contribution in [0.5, 0.6) is 0 Å². The number of halogens is 5. The van der Waals surface area contributed by atoms with Gasteiger partial charge in [0.2, 0.25) is 0 Å². The van der Waals surface area contributed by atoms with Gasteiger partial charge in [0.1, 0.15) is 11.6 Å². The summed E-state index contributed by atoms with van der Waals surface area (Å²) in [5, 5.41) is 0. The van der Waals surface area contributed by atoms with Gasteiger partial charge in [-0.2, -0.15) is 0 Å². The van der Waals surface area contributed by atoms with Gasteiger partial charge in [-0.05, 0) is 48.7 Å². The Bertz CT molecular complexity index is 669. The van der Waals surface area contributed by atoms with Gasteiger partial charge in [0.25, 0.3) is 0 Å². The first-order chi connectivity index (χ1) is 9.32. The average Bonchev–Trinajstić information content (AvgIpc) is 2.38. The maximum Gasteiger partial charge on any atom is 0.133 e. The van der Waals surface area contributed by atoms with Crippen LogP contribution < -0.4 is 0 Å². The number of alkyl halides is 1. The third-order valence-electron chi connectivity index (χ3n) is 3.12. The first-order valence-corrected chi connectivity index (χ1v) is 8.37. The predicted octanol–water partition coefficient (Wildman–Crippen LogP) is 6.59. The molecular formula is C15H11Br3F2. The summed E-state index contributed by atoms with van der Waals surface area (Å²) in [5.41, 5.74) is 2.27. The number of hydrogen-bond acceptors (Lipinski definition) is 0. The van der Waals surface area contributed by atoms with Crippen LogP contribution in [-0.4, -0.2) is 0 Å². The molecule has 2 rings (SSSR count). The van der Waals surface area contributed by atoms with E-state index in [0.717, 1.165) is 20.1 Å².